The van der Waals surface area contributed by atoms with E-state index in [0.29, 0.717) is 29.7 Å². The maximum Gasteiger partial charge on any atom is 0.161 e. The van der Waals surface area contributed by atoms with E-state index in [1.54, 1.807) is 21.3 Å². The smallest absolute Gasteiger partial charge is 0.161 e. The molecule has 3 aromatic rings. The number of rotatable bonds is 8. The van der Waals surface area contributed by atoms with E-state index in [1.165, 1.54) is 6.33 Å². The molecule has 1 heterocycles. The molecule has 0 aliphatic carbocycles. The van der Waals surface area contributed by atoms with E-state index < -0.39 is 0 Å². The van der Waals surface area contributed by atoms with Crippen LogP contribution in [0.1, 0.15) is 11.1 Å². The quantitative estimate of drug-likeness (QED) is 0.607. The Morgan fingerprint density at radius 1 is 0.786 bits per heavy atom. The highest BCUT2D eigenvalue weighted by Gasteiger charge is 2.07. The molecular weight excluding hydrogens is 356 g/mol. The van der Waals surface area contributed by atoms with Gasteiger partial charge in [0.25, 0.3) is 0 Å². The van der Waals surface area contributed by atoms with E-state index in [0.717, 1.165) is 22.6 Å². The lowest BCUT2D eigenvalue weighted by Gasteiger charge is -2.13. The molecule has 0 fully saturated rings. The topological polar surface area (TPSA) is 77.5 Å². The fourth-order valence-electron chi connectivity index (χ4n) is 2.76. The number of aromatic nitrogens is 2. The summed E-state index contributed by atoms with van der Waals surface area (Å²) >= 11 is 0. The number of methoxy groups -OCH3 is 3. The molecular formula is C21H24N4O3. The van der Waals surface area contributed by atoms with Crippen LogP contribution in [-0.2, 0) is 6.54 Å². The van der Waals surface area contributed by atoms with E-state index in [-0.39, 0.29) is 0 Å². The van der Waals surface area contributed by atoms with Crippen LogP contribution in [0.4, 0.5) is 17.3 Å². The number of benzene rings is 2. The van der Waals surface area contributed by atoms with Gasteiger partial charge in [0.15, 0.2) is 11.5 Å². The number of aryl methyl sites for hydroxylation is 1. The molecule has 3 rings (SSSR count). The van der Waals surface area contributed by atoms with Crippen LogP contribution in [-0.4, -0.2) is 31.3 Å². The summed E-state index contributed by atoms with van der Waals surface area (Å²) < 4.78 is 16.0. The monoisotopic (exact) mass is 380 g/mol. The summed E-state index contributed by atoms with van der Waals surface area (Å²) in [6, 6.07) is 13.6. The molecule has 146 valence electrons. The molecule has 0 radical (unpaired) electrons. The highest BCUT2D eigenvalue weighted by atomic mass is 16.5. The summed E-state index contributed by atoms with van der Waals surface area (Å²) in [4.78, 5) is 8.57. The molecule has 2 aromatic carbocycles. The van der Waals surface area contributed by atoms with Gasteiger partial charge in [-0.05, 0) is 42.3 Å². The molecule has 0 saturated carbocycles. The molecule has 0 atom stereocenters. The number of anilines is 3. The Labute approximate surface area is 164 Å². The number of ether oxygens (including phenoxy) is 3. The lowest BCUT2D eigenvalue weighted by Crippen LogP contribution is -2.04. The van der Waals surface area contributed by atoms with Gasteiger partial charge in [-0.15, -0.1) is 0 Å². The molecule has 0 spiro atoms. The second kappa shape index (κ2) is 8.94. The van der Waals surface area contributed by atoms with Crippen LogP contribution >= 0.6 is 0 Å². The summed E-state index contributed by atoms with van der Waals surface area (Å²) in [6.45, 7) is 2.62. The van der Waals surface area contributed by atoms with Crippen LogP contribution < -0.4 is 24.8 Å². The highest BCUT2D eigenvalue weighted by Crippen LogP contribution is 2.29. The molecule has 7 nitrogen and oxygen atoms in total. The Bertz CT molecular complexity index is 947. The zero-order chi connectivity index (χ0) is 19.9. The van der Waals surface area contributed by atoms with Gasteiger partial charge >= 0.3 is 0 Å². The predicted octanol–water partition coefficient (Wildman–Crippen LogP) is 4.17. The fourth-order valence-corrected chi connectivity index (χ4v) is 2.76. The predicted molar refractivity (Wildman–Crippen MR) is 110 cm³/mol. The van der Waals surface area contributed by atoms with Crippen molar-refractivity contribution in [2.24, 2.45) is 0 Å². The molecule has 0 saturated heterocycles. The van der Waals surface area contributed by atoms with Crippen LogP contribution in [0.5, 0.6) is 17.2 Å². The normalized spacial score (nSPS) is 10.3. The van der Waals surface area contributed by atoms with E-state index in [1.807, 2.05) is 49.4 Å². The van der Waals surface area contributed by atoms with Crippen molar-refractivity contribution in [2.75, 3.05) is 32.0 Å². The first-order chi connectivity index (χ1) is 13.6. The standard InChI is InChI=1S/C21H24N4O3/c1-14-5-7-17(26-2)16(9-14)25-21-11-20(23-13-24-21)22-12-15-6-8-18(27-3)19(10-15)28-4/h5-11,13H,12H2,1-4H3,(H2,22,23,24,25). The summed E-state index contributed by atoms with van der Waals surface area (Å²) in [5.41, 5.74) is 3.03. The average Bonchev–Trinajstić information content (AvgIpc) is 2.72. The Hall–Kier alpha value is -3.48. The molecule has 2 N–H and O–H groups in total. The maximum atomic E-state index is 5.41. The van der Waals surface area contributed by atoms with Crippen molar-refractivity contribution in [3.63, 3.8) is 0 Å². The lowest BCUT2D eigenvalue weighted by atomic mass is 10.2. The summed E-state index contributed by atoms with van der Waals surface area (Å²) in [5, 5.41) is 6.58. The van der Waals surface area contributed by atoms with Crippen LogP contribution in [0.2, 0.25) is 0 Å². The van der Waals surface area contributed by atoms with Gasteiger partial charge in [0.2, 0.25) is 0 Å². The second-order valence-electron chi connectivity index (χ2n) is 6.16. The molecule has 0 amide bonds. The van der Waals surface area contributed by atoms with E-state index in [9.17, 15) is 0 Å². The van der Waals surface area contributed by atoms with Gasteiger partial charge in [-0.3, -0.25) is 0 Å². The van der Waals surface area contributed by atoms with Gasteiger partial charge in [-0.2, -0.15) is 0 Å². The van der Waals surface area contributed by atoms with Gasteiger partial charge < -0.3 is 24.8 Å². The Kier molecular flexibility index (Phi) is 6.16. The third-order valence-corrected chi connectivity index (χ3v) is 4.21. The molecule has 0 unspecified atom stereocenters. The van der Waals surface area contributed by atoms with Crippen molar-refractivity contribution in [3.8, 4) is 17.2 Å². The van der Waals surface area contributed by atoms with Crippen LogP contribution in [0.3, 0.4) is 0 Å². The Morgan fingerprint density at radius 2 is 1.50 bits per heavy atom. The minimum Gasteiger partial charge on any atom is -0.495 e. The molecule has 0 bridgehead atoms. The zero-order valence-corrected chi connectivity index (χ0v) is 16.4. The molecule has 0 aliphatic rings. The molecule has 0 aliphatic heterocycles. The molecule has 1 aromatic heterocycles. The lowest BCUT2D eigenvalue weighted by molar-refractivity contribution is 0.354. The van der Waals surface area contributed by atoms with Gasteiger partial charge in [0.1, 0.15) is 23.7 Å². The minimum absolute atomic E-state index is 0.588. The van der Waals surface area contributed by atoms with E-state index >= 15 is 0 Å². The van der Waals surface area contributed by atoms with Crippen molar-refractivity contribution in [1.82, 2.24) is 9.97 Å². The van der Waals surface area contributed by atoms with Crippen molar-refractivity contribution < 1.29 is 14.2 Å². The summed E-state index contributed by atoms with van der Waals surface area (Å²) in [5.74, 6) is 3.53. The first-order valence-corrected chi connectivity index (χ1v) is 8.81. The minimum atomic E-state index is 0.588. The SMILES string of the molecule is COc1ccc(C)cc1Nc1cc(NCc2ccc(OC)c(OC)c2)ncn1. The van der Waals surface area contributed by atoms with Crippen molar-refractivity contribution in [1.29, 1.82) is 0 Å². The van der Waals surface area contributed by atoms with Crippen LogP contribution in [0, 0.1) is 6.92 Å². The summed E-state index contributed by atoms with van der Waals surface area (Å²) in [6.07, 6.45) is 1.52. The first-order valence-electron chi connectivity index (χ1n) is 8.81. The fraction of sp³-hybridized carbons (Fsp3) is 0.238. The summed E-state index contributed by atoms with van der Waals surface area (Å²) in [7, 11) is 4.89. The first kappa shape index (κ1) is 19.3. The number of hydrogen-bond donors (Lipinski definition) is 2. The van der Waals surface area contributed by atoms with Crippen LogP contribution in [0.25, 0.3) is 0 Å². The third-order valence-electron chi connectivity index (χ3n) is 4.21. The Morgan fingerprint density at radius 3 is 2.25 bits per heavy atom. The van der Waals surface area contributed by atoms with Crippen molar-refractivity contribution in [3.05, 3.63) is 59.9 Å². The largest absolute Gasteiger partial charge is 0.495 e. The van der Waals surface area contributed by atoms with Crippen molar-refractivity contribution >= 4 is 17.3 Å². The van der Waals surface area contributed by atoms with Crippen LogP contribution in [0.15, 0.2) is 48.8 Å². The van der Waals surface area contributed by atoms with Gasteiger partial charge in [0.05, 0.1) is 27.0 Å². The molecule has 7 heteroatoms. The third kappa shape index (κ3) is 4.62. The van der Waals surface area contributed by atoms with Gasteiger partial charge in [-0.1, -0.05) is 12.1 Å². The van der Waals surface area contributed by atoms with Crippen molar-refractivity contribution in [2.45, 2.75) is 13.5 Å². The van der Waals surface area contributed by atoms with Gasteiger partial charge in [-0.25, -0.2) is 9.97 Å². The number of hydrogen-bond acceptors (Lipinski definition) is 7. The number of nitrogens with one attached hydrogen (secondary N) is 2. The molecule has 28 heavy (non-hydrogen) atoms. The second-order valence-corrected chi connectivity index (χ2v) is 6.16. The Balaban J connectivity index is 1.71. The van der Waals surface area contributed by atoms with Gasteiger partial charge in [0, 0.05) is 12.6 Å². The average molecular weight is 380 g/mol. The van der Waals surface area contributed by atoms with E-state index in [2.05, 4.69) is 20.6 Å². The number of nitrogens with zero attached hydrogens (tertiary/aromatic N) is 2. The van der Waals surface area contributed by atoms with E-state index in [4.69, 9.17) is 14.2 Å². The highest BCUT2D eigenvalue weighted by molar-refractivity contribution is 5.66. The maximum absolute atomic E-state index is 5.41. The zero-order valence-electron chi connectivity index (χ0n) is 16.4.